The van der Waals surface area contributed by atoms with Gasteiger partial charge >= 0.3 is 5.96 Å². The zero-order valence-corrected chi connectivity index (χ0v) is 9.86. The standard InChI is InChI=1S/C11H13N5O2/c1-6(15-16-11(12)13)7-2-3-9-8(4-7)14-10(17)5-18-9/h2-4H,5H2,1H3,(H,14,17)(H4,12,13,16)/p+1/b15-6-. The van der Waals surface area contributed by atoms with Crippen molar-refractivity contribution >= 4 is 23.3 Å². The zero-order chi connectivity index (χ0) is 13.1. The van der Waals surface area contributed by atoms with Gasteiger partial charge in [-0.2, -0.15) is 5.10 Å². The van der Waals surface area contributed by atoms with Crippen molar-refractivity contribution in [1.29, 1.82) is 0 Å². The van der Waals surface area contributed by atoms with Gasteiger partial charge < -0.3 is 10.1 Å². The molecule has 0 bridgehead atoms. The van der Waals surface area contributed by atoms with Gasteiger partial charge in [-0.3, -0.25) is 16.3 Å². The van der Waals surface area contributed by atoms with Gasteiger partial charge in [-0.05, 0) is 25.1 Å². The Morgan fingerprint density at radius 1 is 1.50 bits per heavy atom. The van der Waals surface area contributed by atoms with E-state index in [9.17, 15) is 4.79 Å². The minimum Gasteiger partial charge on any atom is -0.482 e. The van der Waals surface area contributed by atoms with Crippen LogP contribution in [0.2, 0.25) is 0 Å². The molecular formula is C11H14N5O2+. The van der Waals surface area contributed by atoms with Gasteiger partial charge in [-0.15, -0.1) is 5.10 Å². The van der Waals surface area contributed by atoms with E-state index in [-0.39, 0.29) is 18.5 Å². The van der Waals surface area contributed by atoms with E-state index in [1.165, 1.54) is 0 Å². The van der Waals surface area contributed by atoms with Gasteiger partial charge in [0.25, 0.3) is 5.91 Å². The predicted octanol–water partition coefficient (Wildman–Crippen LogP) is -1.90. The summed E-state index contributed by atoms with van der Waals surface area (Å²) in [5.74, 6) is 0.486. The molecule has 1 aromatic carbocycles. The summed E-state index contributed by atoms with van der Waals surface area (Å²) in [4.78, 5) is 11.2. The monoisotopic (exact) mass is 248 g/mol. The second-order valence-electron chi connectivity index (χ2n) is 3.81. The Balaban J connectivity index is 2.31. The number of carbonyl (C=O) groups excluding carboxylic acids is 1. The summed E-state index contributed by atoms with van der Waals surface area (Å²) in [6.45, 7) is 1.84. The van der Waals surface area contributed by atoms with Crippen LogP contribution in [0.4, 0.5) is 5.69 Å². The predicted molar refractivity (Wildman–Crippen MR) is 67.1 cm³/mol. The number of hydrazone groups is 1. The molecule has 0 atom stereocenters. The Hall–Kier alpha value is -2.57. The van der Waals surface area contributed by atoms with Gasteiger partial charge in [0.2, 0.25) is 0 Å². The molecule has 0 spiro atoms. The van der Waals surface area contributed by atoms with Crippen molar-refractivity contribution < 1.29 is 14.6 Å². The maximum atomic E-state index is 11.2. The largest absolute Gasteiger partial charge is 0.482 e. The third-order valence-electron chi connectivity index (χ3n) is 2.38. The quantitative estimate of drug-likeness (QED) is 0.278. The lowest BCUT2D eigenvalue weighted by Crippen LogP contribution is -2.72. The molecule has 1 heterocycles. The van der Waals surface area contributed by atoms with Crippen molar-refractivity contribution in [2.75, 3.05) is 11.9 Å². The SMILES string of the molecule is C/C(=N/[NH+]=C(N)N)c1ccc2c(c1)NC(=O)CO2. The first-order chi connectivity index (χ1) is 8.56. The molecule has 1 aliphatic rings. The maximum Gasteiger partial charge on any atom is 0.362 e. The van der Waals surface area contributed by atoms with Gasteiger partial charge in [-0.25, -0.2) is 0 Å². The summed E-state index contributed by atoms with van der Waals surface area (Å²) in [6.07, 6.45) is 0. The minimum atomic E-state index is -0.174. The van der Waals surface area contributed by atoms with E-state index in [4.69, 9.17) is 16.2 Å². The number of hydrogen-bond acceptors (Lipinski definition) is 3. The number of amides is 1. The number of carbonyl (C=O) groups is 1. The van der Waals surface area contributed by atoms with Crippen molar-refractivity contribution in [3.63, 3.8) is 0 Å². The molecule has 7 heteroatoms. The number of anilines is 1. The molecule has 0 saturated carbocycles. The van der Waals surface area contributed by atoms with Gasteiger partial charge in [0, 0.05) is 5.56 Å². The Bertz CT molecular complexity index is 546. The molecule has 1 aromatic rings. The third kappa shape index (κ3) is 2.57. The maximum absolute atomic E-state index is 11.2. The van der Waals surface area contributed by atoms with Crippen LogP contribution < -0.4 is 26.6 Å². The molecule has 18 heavy (non-hydrogen) atoms. The fourth-order valence-corrected chi connectivity index (χ4v) is 1.52. The number of fused-ring (bicyclic) bond motifs is 1. The van der Waals surface area contributed by atoms with Crippen molar-refractivity contribution in [2.45, 2.75) is 6.92 Å². The molecule has 0 aromatic heterocycles. The second kappa shape index (κ2) is 4.74. The van der Waals surface area contributed by atoms with Crippen LogP contribution in [0.1, 0.15) is 12.5 Å². The number of nitrogens with one attached hydrogen (secondary N) is 2. The first-order valence-electron chi connectivity index (χ1n) is 5.31. The molecule has 2 rings (SSSR count). The van der Waals surface area contributed by atoms with Gasteiger partial charge in [0.15, 0.2) is 6.61 Å². The molecule has 6 N–H and O–H groups in total. The molecule has 1 aliphatic heterocycles. The summed E-state index contributed by atoms with van der Waals surface area (Å²) >= 11 is 0. The number of nitrogens with zero attached hydrogens (tertiary/aromatic N) is 1. The second-order valence-corrected chi connectivity index (χ2v) is 3.81. The highest BCUT2D eigenvalue weighted by atomic mass is 16.5. The number of rotatable bonds is 2. The molecule has 7 nitrogen and oxygen atoms in total. The zero-order valence-electron chi connectivity index (χ0n) is 9.86. The molecule has 1 amide bonds. The van der Waals surface area contributed by atoms with E-state index in [0.29, 0.717) is 17.1 Å². The van der Waals surface area contributed by atoms with E-state index >= 15 is 0 Å². The smallest absolute Gasteiger partial charge is 0.362 e. The Labute approximate surface area is 104 Å². The molecular weight excluding hydrogens is 234 g/mol. The Morgan fingerprint density at radius 3 is 3.00 bits per heavy atom. The highest BCUT2D eigenvalue weighted by molar-refractivity contribution is 6.02. The van der Waals surface area contributed by atoms with E-state index in [0.717, 1.165) is 5.56 Å². The summed E-state index contributed by atoms with van der Waals surface area (Å²) in [5, 5.41) is 9.19. The summed E-state index contributed by atoms with van der Waals surface area (Å²) < 4.78 is 5.26. The number of ether oxygens (including phenoxy) is 1. The summed E-state index contributed by atoms with van der Waals surface area (Å²) in [6, 6.07) is 5.39. The Kier molecular flexibility index (Phi) is 3.13. The third-order valence-corrected chi connectivity index (χ3v) is 2.38. The van der Waals surface area contributed by atoms with Crippen molar-refractivity contribution in [2.24, 2.45) is 16.6 Å². The lowest BCUT2D eigenvalue weighted by Gasteiger charge is -2.18. The summed E-state index contributed by atoms with van der Waals surface area (Å²) in [7, 11) is 0. The minimum absolute atomic E-state index is 0.0175. The molecule has 0 saturated heterocycles. The fourth-order valence-electron chi connectivity index (χ4n) is 1.52. The first-order valence-corrected chi connectivity index (χ1v) is 5.31. The van der Waals surface area contributed by atoms with Crippen LogP contribution in [-0.2, 0) is 4.79 Å². The fraction of sp³-hybridized carbons (Fsp3) is 0.182. The first kappa shape index (κ1) is 11.9. The molecule has 94 valence electrons. The number of benzene rings is 1. The molecule has 0 fully saturated rings. The topological polar surface area (TPSA) is 117 Å². The van der Waals surface area contributed by atoms with E-state index in [2.05, 4.69) is 15.5 Å². The van der Waals surface area contributed by atoms with Crippen LogP contribution in [0, 0.1) is 0 Å². The van der Waals surface area contributed by atoms with Gasteiger partial charge in [0.1, 0.15) is 5.75 Å². The van der Waals surface area contributed by atoms with Crippen molar-refractivity contribution in [3.8, 4) is 5.75 Å². The van der Waals surface area contributed by atoms with Crippen LogP contribution in [0.25, 0.3) is 0 Å². The molecule has 0 radical (unpaired) electrons. The highest BCUT2D eigenvalue weighted by Crippen LogP contribution is 2.28. The van der Waals surface area contributed by atoms with E-state index in [1.54, 1.807) is 19.1 Å². The number of guanidine groups is 1. The highest BCUT2D eigenvalue weighted by Gasteiger charge is 2.16. The van der Waals surface area contributed by atoms with E-state index in [1.807, 2.05) is 6.07 Å². The van der Waals surface area contributed by atoms with E-state index < -0.39 is 0 Å². The average Bonchev–Trinajstić information content (AvgIpc) is 2.34. The van der Waals surface area contributed by atoms with Crippen LogP contribution >= 0.6 is 0 Å². The molecule has 0 unspecified atom stereocenters. The number of nitrogens with two attached hydrogens (primary N) is 2. The Morgan fingerprint density at radius 2 is 2.28 bits per heavy atom. The van der Waals surface area contributed by atoms with Crippen LogP contribution in [-0.4, -0.2) is 24.2 Å². The van der Waals surface area contributed by atoms with Crippen LogP contribution in [0.5, 0.6) is 5.75 Å². The lowest BCUT2D eigenvalue weighted by molar-refractivity contribution is -0.464. The molecule has 0 aliphatic carbocycles. The van der Waals surface area contributed by atoms with Crippen molar-refractivity contribution in [1.82, 2.24) is 0 Å². The van der Waals surface area contributed by atoms with Crippen LogP contribution in [0.3, 0.4) is 0 Å². The lowest BCUT2D eigenvalue weighted by atomic mass is 10.1. The number of hydrogen-bond donors (Lipinski definition) is 4. The van der Waals surface area contributed by atoms with Gasteiger partial charge in [0.05, 0.1) is 11.4 Å². The van der Waals surface area contributed by atoms with Crippen molar-refractivity contribution in [3.05, 3.63) is 23.8 Å². The normalized spacial score (nSPS) is 14.3. The van der Waals surface area contributed by atoms with Gasteiger partial charge in [-0.1, -0.05) is 0 Å². The van der Waals surface area contributed by atoms with Crippen LogP contribution in [0.15, 0.2) is 23.3 Å². The average molecular weight is 248 g/mol. The summed E-state index contributed by atoms with van der Waals surface area (Å²) in [5.41, 5.74) is 12.6.